The molecule has 0 saturated carbocycles. The molecule has 8 heteroatoms. The van der Waals surface area contributed by atoms with Crippen molar-refractivity contribution >= 4 is 21.8 Å². The molecule has 3 aromatic rings. The van der Waals surface area contributed by atoms with Crippen molar-refractivity contribution in [3.63, 3.8) is 0 Å². The van der Waals surface area contributed by atoms with Gasteiger partial charge in [-0.3, -0.25) is 9.59 Å². The molecule has 4 rings (SSSR count). The maximum atomic E-state index is 13.4. The van der Waals surface area contributed by atoms with Crippen molar-refractivity contribution in [3.8, 4) is 0 Å². The fourth-order valence-electron chi connectivity index (χ4n) is 3.85. The fraction of sp³-hybridized carbons (Fsp3) is 0.200. The SMILES string of the molecule is O=C(NCc1ccccc1)C1CN(C(=O)c2ccccc2)CCN1S(=O)(=O)c1ccccc1. The maximum Gasteiger partial charge on any atom is 0.253 e. The van der Waals surface area contributed by atoms with Crippen LogP contribution in [0.15, 0.2) is 95.9 Å². The van der Waals surface area contributed by atoms with E-state index in [1.165, 1.54) is 16.4 Å². The van der Waals surface area contributed by atoms with E-state index < -0.39 is 22.0 Å². The van der Waals surface area contributed by atoms with E-state index >= 15 is 0 Å². The van der Waals surface area contributed by atoms with Crippen molar-refractivity contribution < 1.29 is 18.0 Å². The van der Waals surface area contributed by atoms with E-state index in [1.807, 2.05) is 36.4 Å². The topological polar surface area (TPSA) is 86.8 Å². The smallest absolute Gasteiger partial charge is 0.253 e. The summed E-state index contributed by atoms with van der Waals surface area (Å²) in [7, 11) is -3.92. The van der Waals surface area contributed by atoms with Crippen LogP contribution in [-0.4, -0.2) is 55.1 Å². The first-order chi connectivity index (χ1) is 16.0. The van der Waals surface area contributed by atoms with Crippen molar-refractivity contribution in [3.05, 3.63) is 102 Å². The van der Waals surface area contributed by atoms with Crippen molar-refractivity contribution in [2.75, 3.05) is 19.6 Å². The summed E-state index contributed by atoms with van der Waals surface area (Å²) in [4.78, 5) is 27.9. The Balaban J connectivity index is 1.59. The number of amides is 2. The van der Waals surface area contributed by atoms with Crippen LogP contribution in [0.25, 0.3) is 0 Å². The first kappa shape index (κ1) is 22.7. The molecule has 1 N–H and O–H groups in total. The van der Waals surface area contributed by atoms with Gasteiger partial charge in [0.25, 0.3) is 5.91 Å². The lowest BCUT2D eigenvalue weighted by molar-refractivity contribution is -0.126. The monoisotopic (exact) mass is 463 g/mol. The highest BCUT2D eigenvalue weighted by Gasteiger charge is 2.41. The van der Waals surface area contributed by atoms with Crippen LogP contribution in [0.2, 0.25) is 0 Å². The fourth-order valence-corrected chi connectivity index (χ4v) is 5.44. The second-order valence-corrected chi connectivity index (χ2v) is 9.66. The molecule has 1 unspecified atom stereocenters. The largest absolute Gasteiger partial charge is 0.351 e. The number of carbonyl (C=O) groups is 2. The maximum absolute atomic E-state index is 13.4. The number of nitrogens with one attached hydrogen (secondary N) is 1. The average Bonchev–Trinajstić information content (AvgIpc) is 2.88. The van der Waals surface area contributed by atoms with E-state index in [9.17, 15) is 18.0 Å². The predicted molar refractivity (Wildman–Crippen MR) is 125 cm³/mol. The molecule has 1 aliphatic heterocycles. The molecule has 1 saturated heterocycles. The van der Waals surface area contributed by atoms with Gasteiger partial charge in [-0.15, -0.1) is 0 Å². The molecular weight excluding hydrogens is 438 g/mol. The Morgan fingerprint density at radius 1 is 0.818 bits per heavy atom. The van der Waals surface area contributed by atoms with Crippen LogP contribution in [0, 0.1) is 0 Å². The van der Waals surface area contributed by atoms with E-state index in [2.05, 4.69) is 5.32 Å². The third-order valence-corrected chi connectivity index (χ3v) is 7.52. The molecule has 3 aromatic carbocycles. The van der Waals surface area contributed by atoms with Crippen molar-refractivity contribution in [1.82, 2.24) is 14.5 Å². The van der Waals surface area contributed by atoms with Crippen LogP contribution >= 0.6 is 0 Å². The Morgan fingerprint density at radius 3 is 2.03 bits per heavy atom. The van der Waals surface area contributed by atoms with Gasteiger partial charge in [0.05, 0.1) is 4.90 Å². The number of carbonyl (C=O) groups excluding carboxylic acids is 2. The summed E-state index contributed by atoms with van der Waals surface area (Å²) in [6.45, 7) is 0.462. The summed E-state index contributed by atoms with van der Waals surface area (Å²) in [5.74, 6) is -0.669. The van der Waals surface area contributed by atoms with Crippen LogP contribution in [0.5, 0.6) is 0 Å². The molecule has 170 valence electrons. The van der Waals surface area contributed by atoms with Crippen molar-refractivity contribution in [1.29, 1.82) is 0 Å². The lowest BCUT2D eigenvalue weighted by Crippen LogP contribution is -2.61. The molecule has 0 radical (unpaired) electrons. The third-order valence-electron chi connectivity index (χ3n) is 5.60. The lowest BCUT2D eigenvalue weighted by atomic mass is 10.1. The van der Waals surface area contributed by atoms with Crippen molar-refractivity contribution in [2.45, 2.75) is 17.5 Å². The third kappa shape index (κ3) is 5.13. The lowest BCUT2D eigenvalue weighted by Gasteiger charge is -2.39. The first-order valence-electron chi connectivity index (χ1n) is 10.7. The summed E-state index contributed by atoms with van der Waals surface area (Å²) < 4.78 is 27.9. The molecule has 0 bridgehead atoms. The van der Waals surface area contributed by atoms with Crippen molar-refractivity contribution in [2.24, 2.45) is 0 Å². The van der Waals surface area contributed by atoms with Crippen LogP contribution in [0.3, 0.4) is 0 Å². The van der Waals surface area contributed by atoms with Crippen LogP contribution in [-0.2, 0) is 21.4 Å². The molecule has 33 heavy (non-hydrogen) atoms. The Labute approximate surface area is 193 Å². The minimum Gasteiger partial charge on any atom is -0.351 e. The number of nitrogens with zero attached hydrogens (tertiary/aromatic N) is 2. The zero-order valence-electron chi connectivity index (χ0n) is 18.0. The Morgan fingerprint density at radius 2 is 1.39 bits per heavy atom. The second-order valence-electron chi connectivity index (χ2n) is 7.77. The van der Waals surface area contributed by atoms with Gasteiger partial charge < -0.3 is 10.2 Å². The highest BCUT2D eigenvalue weighted by molar-refractivity contribution is 7.89. The Bertz CT molecular complexity index is 1200. The Kier molecular flexibility index (Phi) is 6.86. The highest BCUT2D eigenvalue weighted by atomic mass is 32.2. The highest BCUT2D eigenvalue weighted by Crippen LogP contribution is 2.23. The van der Waals surface area contributed by atoms with Gasteiger partial charge in [-0.25, -0.2) is 8.42 Å². The molecule has 0 aliphatic carbocycles. The minimum atomic E-state index is -3.92. The van der Waals surface area contributed by atoms with Gasteiger partial charge in [-0.1, -0.05) is 66.7 Å². The number of piperazine rings is 1. The summed E-state index contributed by atoms with van der Waals surface area (Å²) in [5.41, 5.74) is 1.40. The second kappa shape index (κ2) is 9.97. The standard InChI is InChI=1S/C25H25N3O4S/c29-24(26-18-20-10-4-1-5-11-20)23-19-27(25(30)21-12-6-2-7-13-21)16-17-28(23)33(31,32)22-14-8-3-9-15-22/h1-15,23H,16-19H2,(H,26,29). The van der Waals surface area contributed by atoms with Gasteiger partial charge in [0.15, 0.2) is 0 Å². The van der Waals surface area contributed by atoms with Crippen LogP contribution < -0.4 is 5.32 Å². The van der Waals surface area contributed by atoms with Gasteiger partial charge in [0, 0.05) is 31.7 Å². The average molecular weight is 464 g/mol. The molecule has 1 atom stereocenters. The number of hydrogen-bond donors (Lipinski definition) is 1. The predicted octanol–water partition coefficient (Wildman–Crippen LogP) is 2.52. The summed E-state index contributed by atoms with van der Waals surface area (Å²) in [6, 6.07) is 25.2. The van der Waals surface area contributed by atoms with Gasteiger partial charge in [0.1, 0.15) is 6.04 Å². The normalized spacial score (nSPS) is 16.8. The van der Waals surface area contributed by atoms with E-state index in [0.717, 1.165) is 5.56 Å². The van der Waals surface area contributed by atoms with Crippen LogP contribution in [0.4, 0.5) is 0 Å². The number of sulfonamides is 1. The molecular formula is C25H25N3O4S. The molecule has 0 aromatic heterocycles. The molecule has 0 spiro atoms. The quantitative estimate of drug-likeness (QED) is 0.609. The number of rotatable bonds is 6. The van der Waals surface area contributed by atoms with Crippen LogP contribution in [0.1, 0.15) is 15.9 Å². The van der Waals surface area contributed by atoms with E-state index in [0.29, 0.717) is 5.56 Å². The zero-order chi connectivity index (χ0) is 23.3. The summed E-state index contributed by atoms with van der Waals surface area (Å²) in [5, 5.41) is 2.84. The minimum absolute atomic E-state index is 0.0270. The van der Waals surface area contributed by atoms with Gasteiger partial charge in [0.2, 0.25) is 15.9 Å². The molecule has 1 heterocycles. The number of hydrogen-bond acceptors (Lipinski definition) is 4. The van der Waals surface area contributed by atoms with Gasteiger partial charge in [-0.05, 0) is 29.8 Å². The molecule has 7 nitrogen and oxygen atoms in total. The molecule has 2 amide bonds. The molecule has 1 aliphatic rings. The first-order valence-corrected chi connectivity index (χ1v) is 12.1. The van der Waals surface area contributed by atoms with E-state index in [4.69, 9.17) is 0 Å². The zero-order valence-corrected chi connectivity index (χ0v) is 18.8. The van der Waals surface area contributed by atoms with Gasteiger partial charge in [-0.2, -0.15) is 4.31 Å². The number of benzene rings is 3. The Hall–Kier alpha value is -3.49. The van der Waals surface area contributed by atoms with E-state index in [-0.39, 0.29) is 37.0 Å². The van der Waals surface area contributed by atoms with E-state index in [1.54, 1.807) is 47.4 Å². The summed E-state index contributed by atoms with van der Waals surface area (Å²) >= 11 is 0. The van der Waals surface area contributed by atoms with Gasteiger partial charge >= 0.3 is 0 Å². The molecule has 1 fully saturated rings. The summed E-state index contributed by atoms with van der Waals surface area (Å²) in [6.07, 6.45) is 0.